The van der Waals surface area contributed by atoms with Gasteiger partial charge in [0.1, 0.15) is 0 Å². The molecule has 2 aromatic carbocycles. The maximum atomic E-state index is 12.2. The Morgan fingerprint density at radius 1 is 1.08 bits per heavy atom. The number of anilines is 1. The van der Waals surface area contributed by atoms with Gasteiger partial charge in [-0.15, -0.1) is 0 Å². The second-order valence-electron chi connectivity index (χ2n) is 5.68. The summed E-state index contributed by atoms with van der Waals surface area (Å²) in [7, 11) is 0. The molecule has 0 atom stereocenters. The predicted octanol–water partition coefficient (Wildman–Crippen LogP) is 4.29. The largest absolute Gasteiger partial charge is 0.478 e. The summed E-state index contributed by atoms with van der Waals surface area (Å²) in [4.78, 5) is 23.2. The Kier molecular flexibility index (Phi) is 6.12. The first-order chi connectivity index (χ1) is 11.8. The zero-order valence-electron chi connectivity index (χ0n) is 13.7. The first-order valence-corrected chi connectivity index (χ1v) is 8.31. The molecule has 25 heavy (non-hydrogen) atoms. The SMILES string of the molecule is CC(C)c1ccc(C(=O)NC(=S)Nc2cc(C(=O)O)ccc2Cl)cc1. The van der Waals surface area contributed by atoms with Gasteiger partial charge in [-0.3, -0.25) is 10.1 Å². The molecule has 0 heterocycles. The van der Waals surface area contributed by atoms with Gasteiger partial charge in [0.15, 0.2) is 5.11 Å². The van der Waals surface area contributed by atoms with Crippen LogP contribution < -0.4 is 10.6 Å². The van der Waals surface area contributed by atoms with Crippen LogP contribution in [0.4, 0.5) is 5.69 Å². The third-order valence-corrected chi connectivity index (χ3v) is 4.06. The average molecular weight is 377 g/mol. The van der Waals surface area contributed by atoms with E-state index in [4.69, 9.17) is 28.9 Å². The van der Waals surface area contributed by atoms with Crippen molar-refractivity contribution in [3.63, 3.8) is 0 Å². The van der Waals surface area contributed by atoms with Gasteiger partial charge >= 0.3 is 5.97 Å². The van der Waals surface area contributed by atoms with Crippen molar-refractivity contribution in [3.8, 4) is 0 Å². The summed E-state index contributed by atoms with van der Waals surface area (Å²) in [6.45, 7) is 4.15. The summed E-state index contributed by atoms with van der Waals surface area (Å²) in [5.74, 6) is -1.07. The van der Waals surface area contributed by atoms with Crippen LogP contribution in [0, 0.1) is 0 Å². The van der Waals surface area contributed by atoms with E-state index < -0.39 is 5.97 Å². The van der Waals surface area contributed by atoms with Crippen LogP contribution in [0.1, 0.15) is 46.0 Å². The number of nitrogens with one attached hydrogen (secondary N) is 2. The van der Waals surface area contributed by atoms with Gasteiger partial charge in [0.2, 0.25) is 0 Å². The summed E-state index contributed by atoms with van der Waals surface area (Å²) >= 11 is 11.1. The van der Waals surface area contributed by atoms with Crippen LogP contribution in [0.15, 0.2) is 42.5 Å². The predicted molar refractivity (Wildman–Crippen MR) is 103 cm³/mol. The minimum absolute atomic E-state index is 0.0300. The van der Waals surface area contributed by atoms with Crippen molar-refractivity contribution in [3.05, 3.63) is 64.2 Å². The lowest BCUT2D eigenvalue weighted by molar-refractivity contribution is 0.0696. The number of hydrogen-bond acceptors (Lipinski definition) is 3. The van der Waals surface area contributed by atoms with Crippen LogP contribution in [-0.2, 0) is 0 Å². The summed E-state index contributed by atoms with van der Waals surface area (Å²) in [5, 5.41) is 14.6. The maximum Gasteiger partial charge on any atom is 0.335 e. The first kappa shape index (κ1) is 18.9. The normalized spacial score (nSPS) is 10.4. The molecule has 0 bridgehead atoms. The number of benzene rings is 2. The molecule has 0 fully saturated rings. The smallest absolute Gasteiger partial charge is 0.335 e. The zero-order chi connectivity index (χ0) is 18.6. The molecule has 0 aromatic heterocycles. The molecule has 0 aliphatic carbocycles. The van der Waals surface area contributed by atoms with E-state index in [9.17, 15) is 9.59 Å². The molecule has 7 heteroatoms. The Bertz CT molecular complexity index is 820. The number of thiocarbonyl (C=S) groups is 1. The molecule has 5 nitrogen and oxygen atoms in total. The van der Waals surface area contributed by atoms with E-state index in [1.54, 1.807) is 12.1 Å². The quantitative estimate of drug-likeness (QED) is 0.694. The molecule has 2 aromatic rings. The Morgan fingerprint density at radius 3 is 2.24 bits per heavy atom. The number of carboxylic acid groups (broad SMARTS) is 1. The van der Waals surface area contributed by atoms with Crippen molar-refractivity contribution >= 4 is 46.5 Å². The zero-order valence-corrected chi connectivity index (χ0v) is 15.2. The molecular weight excluding hydrogens is 360 g/mol. The Morgan fingerprint density at radius 2 is 1.68 bits per heavy atom. The lowest BCUT2D eigenvalue weighted by atomic mass is 10.0. The lowest BCUT2D eigenvalue weighted by Gasteiger charge is -2.12. The van der Waals surface area contributed by atoms with E-state index in [0.29, 0.717) is 22.2 Å². The molecule has 0 saturated heterocycles. The van der Waals surface area contributed by atoms with Crippen molar-refractivity contribution in [1.82, 2.24) is 5.32 Å². The number of aromatic carboxylic acids is 1. The second-order valence-corrected chi connectivity index (χ2v) is 6.50. The van der Waals surface area contributed by atoms with Gasteiger partial charge in [-0.2, -0.15) is 0 Å². The molecule has 1 amide bonds. The number of halogens is 1. The van der Waals surface area contributed by atoms with Gasteiger partial charge in [-0.1, -0.05) is 37.6 Å². The van der Waals surface area contributed by atoms with Gasteiger partial charge in [-0.05, 0) is 54.0 Å². The third-order valence-electron chi connectivity index (χ3n) is 3.53. The highest BCUT2D eigenvalue weighted by Crippen LogP contribution is 2.23. The first-order valence-electron chi connectivity index (χ1n) is 7.53. The van der Waals surface area contributed by atoms with Gasteiger partial charge in [-0.25, -0.2) is 4.79 Å². The fourth-order valence-corrected chi connectivity index (χ4v) is 2.47. The molecule has 0 saturated carbocycles. The van der Waals surface area contributed by atoms with Crippen LogP contribution >= 0.6 is 23.8 Å². The van der Waals surface area contributed by atoms with Crippen LogP contribution in [0.2, 0.25) is 5.02 Å². The van der Waals surface area contributed by atoms with E-state index in [0.717, 1.165) is 5.56 Å². The summed E-state index contributed by atoms with van der Waals surface area (Å²) in [6, 6.07) is 11.4. The number of rotatable bonds is 4. The molecule has 0 unspecified atom stereocenters. The van der Waals surface area contributed by atoms with Crippen molar-refractivity contribution in [2.24, 2.45) is 0 Å². The van der Waals surface area contributed by atoms with E-state index in [-0.39, 0.29) is 16.6 Å². The Hall–Kier alpha value is -2.44. The number of carbonyl (C=O) groups is 2. The highest BCUT2D eigenvalue weighted by molar-refractivity contribution is 7.80. The Balaban J connectivity index is 2.06. The van der Waals surface area contributed by atoms with Crippen molar-refractivity contribution in [1.29, 1.82) is 0 Å². The summed E-state index contributed by atoms with van der Waals surface area (Å²) in [6.07, 6.45) is 0. The van der Waals surface area contributed by atoms with E-state index in [2.05, 4.69) is 24.5 Å². The van der Waals surface area contributed by atoms with Crippen molar-refractivity contribution in [2.75, 3.05) is 5.32 Å². The highest BCUT2D eigenvalue weighted by Gasteiger charge is 2.12. The van der Waals surface area contributed by atoms with Crippen LogP contribution in [-0.4, -0.2) is 22.1 Å². The molecule has 2 rings (SSSR count). The lowest BCUT2D eigenvalue weighted by Crippen LogP contribution is -2.34. The standard InChI is InChI=1S/C18H17ClN2O3S/c1-10(2)11-3-5-12(6-4-11)16(22)21-18(25)20-15-9-13(17(23)24)7-8-14(15)19/h3-10H,1-2H3,(H,23,24)(H2,20,21,22,25). The van der Waals surface area contributed by atoms with Gasteiger partial charge in [0.05, 0.1) is 16.3 Å². The summed E-state index contributed by atoms with van der Waals surface area (Å²) < 4.78 is 0. The number of amides is 1. The van der Waals surface area contributed by atoms with E-state index >= 15 is 0 Å². The average Bonchev–Trinajstić information content (AvgIpc) is 2.56. The second kappa shape index (κ2) is 8.09. The topological polar surface area (TPSA) is 78.4 Å². The number of carbonyl (C=O) groups excluding carboxylic acids is 1. The monoisotopic (exact) mass is 376 g/mol. The van der Waals surface area contributed by atoms with Gasteiger partial charge < -0.3 is 10.4 Å². The number of carboxylic acids is 1. The molecule has 0 aliphatic rings. The highest BCUT2D eigenvalue weighted by atomic mass is 35.5. The summed E-state index contributed by atoms with van der Waals surface area (Å²) in [5.41, 5.74) is 1.97. The van der Waals surface area contributed by atoms with Gasteiger partial charge in [0, 0.05) is 5.56 Å². The van der Waals surface area contributed by atoms with Gasteiger partial charge in [0.25, 0.3) is 5.91 Å². The fourth-order valence-electron chi connectivity index (χ4n) is 2.10. The molecule has 3 N–H and O–H groups in total. The molecule has 0 radical (unpaired) electrons. The Labute approximate surface area is 156 Å². The number of hydrogen-bond donors (Lipinski definition) is 3. The molecule has 0 spiro atoms. The van der Waals surface area contributed by atoms with Crippen molar-refractivity contribution in [2.45, 2.75) is 19.8 Å². The van der Waals surface area contributed by atoms with Crippen molar-refractivity contribution < 1.29 is 14.7 Å². The fraction of sp³-hybridized carbons (Fsp3) is 0.167. The minimum atomic E-state index is -1.08. The minimum Gasteiger partial charge on any atom is -0.478 e. The van der Waals surface area contributed by atoms with Crippen LogP contribution in [0.25, 0.3) is 0 Å². The van der Waals surface area contributed by atoms with E-state index in [1.807, 2.05) is 12.1 Å². The molecule has 130 valence electrons. The molecule has 0 aliphatic heterocycles. The van der Waals surface area contributed by atoms with Crippen LogP contribution in [0.5, 0.6) is 0 Å². The third kappa shape index (κ3) is 5.01. The molecular formula is C18H17ClN2O3S. The maximum absolute atomic E-state index is 12.2. The van der Waals surface area contributed by atoms with E-state index in [1.165, 1.54) is 18.2 Å². The van der Waals surface area contributed by atoms with Crippen LogP contribution in [0.3, 0.4) is 0 Å².